The molecule has 35 heavy (non-hydrogen) atoms. The molecule has 9 heteroatoms. The largest absolute Gasteiger partial charge is 0.355 e. The second-order valence-corrected chi connectivity index (χ2v) is 10.6. The van der Waals surface area contributed by atoms with E-state index in [0.717, 1.165) is 55.2 Å². The van der Waals surface area contributed by atoms with E-state index in [1.807, 2.05) is 37.3 Å². The number of aryl methyl sites for hydroxylation is 1. The fourth-order valence-electron chi connectivity index (χ4n) is 4.51. The van der Waals surface area contributed by atoms with Crippen LogP contribution in [0.2, 0.25) is 0 Å². The van der Waals surface area contributed by atoms with Crippen molar-refractivity contribution in [2.45, 2.75) is 27.3 Å². The number of carbonyl (C=O) groups is 1. The van der Waals surface area contributed by atoms with Crippen molar-refractivity contribution in [2.24, 2.45) is 7.05 Å². The number of pyridine rings is 1. The first-order valence-corrected chi connectivity index (χ1v) is 12.9. The van der Waals surface area contributed by atoms with Gasteiger partial charge in [0, 0.05) is 38.8 Å². The smallest absolute Gasteiger partial charge is 0.270 e. The van der Waals surface area contributed by atoms with Crippen molar-refractivity contribution < 1.29 is 4.79 Å². The highest BCUT2D eigenvalue weighted by Crippen LogP contribution is 2.36. The minimum absolute atomic E-state index is 0.102. The number of thiocarbonyl (C=S) groups is 1. The fourth-order valence-corrected chi connectivity index (χ4v) is 5.75. The zero-order valence-corrected chi connectivity index (χ0v) is 22.1. The zero-order valence-electron chi connectivity index (χ0n) is 20.5. The molecule has 0 aliphatic carbocycles. The summed E-state index contributed by atoms with van der Waals surface area (Å²) >= 11 is 6.81. The highest BCUT2D eigenvalue weighted by molar-refractivity contribution is 8.26. The lowest BCUT2D eigenvalue weighted by molar-refractivity contribution is -0.122. The third kappa shape index (κ3) is 4.92. The van der Waals surface area contributed by atoms with E-state index in [4.69, 9.17) is 12.2 Å². The minimum Gasteiger partial charge on any atom is -0.355 e. The molecule has 2 aromatic rings. The van der Waals surface area contributed by atoms with Gasteiger partial charge < -0.3 is 9.80 Å². The van der Waals surface area contributed by atoms with Gasteiger partial charge >= 0.3 is 0 Å². The van der Waals surface area contributed by atoms with Gasteiger partial charge in [0.1, 0.15) is 21.8 Å². The van der Waals surface area contributed by atoms with Crippen LogP contribution in [0.15, 0.2) is 34.0 Å². The average Bonchev–Trinajstić information content (AvgIpc) is 3.12. The maximum absolute atomic E-state index is 13.4. The Bertz CT molecular complexity index is 1300. The van der Waals surface area contributed by atoms with Gasteiger partial charge in [-0.05, 0) is 37.6 Å². The van der Waals surface area contributed by atoms with Crippen molar-refractivity contribution >= 4 is 46.1 Å². The predicted octanol–water partition coefficient (Wildman–Crippen LogP) is 3.42. The number of carbonyl (C=O) groups excluding carboxylic acids is 1. The lowest BCUT2D eigenvalue weighted by Crippen LogP contribution is -2.48. The van der Waals surface area contributed by atoms with Crippen LogP contribution in [0.3, 0.4) is 0 Å². The van der Waals surface area contributed by atoms with Gasteiger partial charge in [-0.2, -0.15) is 5.26 Å². The molecule has 2 aliphatic heterocycles. The van der Waals surface area contributed by atoms with Crippen LogP contribution in [-0.2, 0) is 18.4 Å². The van der Waals surface area contributed by atoms with Crippen LogP contribution in [-0.4, -0.2) is 57.3 Å². The highest BCUT2D eigenvalue weighted by Gasteiger charge is 2.33. The van der Waals surface area contributed by atoms with E-state index in [0.29, 0.717) is 21.3 Å². The summed E-state index contributed by atoms with van der Waals surface area (Å²) in [5, 5.41) is 9.69. The topological polar surface area (TPSA) is 72.6 Å². The van der Waals surface area contributed by atoms with Gasteiger partial charge in [0.25, 0.3) is 11.5 Å². The second kappa shape index (κ2) is 10.4. The molecular formula is C26H29N5O2S2. The van der Waals surface area contributed by atoms with E-state index >= 15 is 0 Å². The van der Waals surface area contributed by atoms with Crippen LogP contribution in [0.4, 0.5) is 5.82 Å². The Labute approximate surface area is 215 Å². The summed E-state index contributed by atoms with van der Waals surface area (Å²) in [4.78, 5) is 33.0. The van der Waals surface area contributed by atoms with Crippen molar-refractivity contribution in [1.82, 2.24) is 14.4 Å². The third-order valence-corrected chi connectivity index (χ3v) is 8.08. The molecule has 0 unspecified atom stereocenters. The van der Waals surface area contributed by atoms with Crippen LogP contribution in [0.25, 0.3) is 6.08 Å². The number of anilines is 1. The zero-order chi connectivity index (χ0) is 25.3. The van der Waals surface area contributed by atoms with Gasteiger partial charge in [0.15, 0.2) is 0 Å². The monoisotopic (exact) mass is 507 g/mol. The number of thioether (sulfide) groups is 1. The van der Waals surface area contributed by atoms with Crippen molar-refractivity contribution in [3.05, 3.63) is 67.3 Å². The summed E-state index contributed by atoms with van der Waals surface area (Å²) < 4.78 is 2.05. The van der Waals surface area contributed by atoms with Gasteiger partial charge in [0.2, 0.25) is 0 Å². The Kier molecular flexibility index (Phi) is 7.45. The summed E-state index contributed by atoms with van der Waals surface area (Å²) in [5.41, 5.74) is 3.26. The SMILES string of the molecule is CCN1CCN(c2c(/C=C3/SC(=S)N(Cc4ccc(C)cc4)C3=O)c(C)c(C#N)c(=O)n2C)CC1. The molecule has 3 heterocycles. The molecule has 2 saturated heterocycles. The number of nitrogens with zero attached hydrogens (tertiary/aromatic N) is 5. The van der Waals surface area contributed by atoms with E-state index in [1.54, 1.807) is 23.4 Å². The average molecular weight is 508 g/mol. The van der Waals surface area contributed by atoms with Crippen LogP contribution in [0, 0.1) is 25.2 Å². The number of piperazine rings is 1. The first-order chi connectivity index (χ1) is 16.7. The molecule has 1 aromatic carbocycles. The molecule has 0 atom stereocenters. The van der Waals surface area contributed by atoms with Crippen molar-refractivity contribution in [3.8, 4) is 6.07 Å². The Hall–Kier alpha value is -2.93. The third-order valence-electron chi connectivity index (χ3n) is 6.70. The Morgan fingerprint density at radius 2 is 1.77 bits per heavy atom. The quantitative estimate of drug-likeness (QED) is 0.454. The molecule has 0 saturated carbocycles. The van der Waals surface area contributed by atoms with Crippen LogP contribution < -0.4 is 10.5 Å². The molecule has 1 amide bonds. The number of hydrogen-bond donors (Lipinski definition) is 0. The number of nitriles is 1. The van der Waals surface area contributed by atoms with Gasteiger partial charge in [-0.15, -0.1) is 0 Å². The summed E-state index contributed by atoms with van der Waals surface area (Å²) in [6.07, 6.45) is 1.81. The Morgan fingerprint density at radius 1 is 1.11 bits per heavy atom. The van der Waals surface area contributed by atoms with Crippen LogP contribution in [0.1, 0.15) is 34.7 Å². The highest BCUT2D eigenvalue weighted by atomic mass is 32.2. The van der Waals surface area contributed by atoms with Crippen LogP contribution >= 0.6 is 24.0 Å². The van der Waals surface area contributed by atoms with Gasteiger partial charge in [0.05, 0.1) is 11.4 Å². The maximum Gasteiger partial charge on any atom is 0.270 e. The number of hydrogen-bond acceptors (Lipinski definition) is 7. The summed E-state index contributed by atoms with van der Waals surface area (Å²) in [5.74, 6) is 0.583. The Morgan fingerprint density at radius 3 is 2.37 bits per heavy atom. The van der Waals surface area contributed by atoms with E-state index in [-0.39, 0.29) is 17.0 Å². The molecule has 0 N–H and O–H groups in total. The van der Waals surface area contributed by atoms with E-state index in [2.05, 4.69) is 22.8 Å². The maximum atomic E-state index is 13.4. The molecule has 0 radical (unpaired) electrons. The van der Waals surface area contributed by atoms with Crippen LogP contribution in [0.5, 0.6) is 0 Å². The number of likely N-dealkylation sites (N-methyl/N-ethyl adjacent to an activating group) is 1. The number of benzene rings is 1. The molecule has 0 spiro atoms. The van der Waals surface area contributed by atoms with E-state index < -0.39 is 0 Å². The lowest BCUT2D eigenvalue weighted by Gasteiger charge is -2.37. The van der Waals surface area contributed by atoms with Gasteiger partial charge in [-0.3, -0.25) is 19.1 Å². The summed E-state index contributed by atoms with van der Waals surface area (Å²) in [6.45, 7) is 10.6. The lowest BCUT2D eigenvalue weighted by atomic mass is 10.0. The molecule has 182 valence electrons. The number of aromatic nitrogens is 1. The number of rotatable bonds is 5. The molecule has 0 bridgehead atoms. The van der Waals surface area contributed by atoms with Gasteiger partial charge in [-0.1, -0.05) is 60.7 Å². The second-order valence-electron chi connectivity index (χ2n) is 8.89. The Balaban J connectivity index is 1.74. The molecule has 1 aromatic heterocycles. The molecular weight excluding hydrogens is 478 g/mol. The number of amides is 1. The first kappa shape index (κ1) is 25.2. The molecule has 7 nitrogen and oxygen atoms in total. The van der Waals surface area contributed by atoms with Crippen molar-refractivity contribution in [1.29, 1.82) is 5.26 Å². The standard InChI is InChI=1S/C26H29N5O2S2/c1-5-29-10-12-30(13-11-29)23-20(18(3)21(15-27)24(32)28(23)4)14-22-25(33)31(26(34)35-22)16-19-8-6-17(2)7-9-19/h6-9,14H,5,10-13,16H2,1-4H3/b22-14+. The van der Waals surface area contributed by atoms with Gasteiger partial charge in [-0.25, -0.2) is 0 Å². The minimum atomic E-state index is -0.318. The predicted molar refractivity (Wildman–Crippen MR) is 145 cm³/mol. The normalized spacial score (nSPS) is 18.0. The van der Waals surface area contributed by atoms with Crippen molar-refractivity contribution in [2.75, 3.05) is 37.6 Å². The molecule has 2 fully saturated rings. The molecule has 2 aliphatic rings. The fraction of sp³-hybridized carbons (Fsp3) is 0.385. The molecule has 4 rings (SSSR count). The van der Waals surface area contributed by atoms with Crippen molar-refractivity contribution in [3.63, 3.8) is 0 Å². The summed E-state index contributed by atoms with van der Waals surface area (Å²) in [7, 11) is 1.70. The van der Waals surface area contributed by atoms with E-state index in [1.165, 1.54) is 11.8 Å². The first-order valence-electron chi connectivity index (χ1n) is 11.7. The summed E-state index contributed by atoms with van der Waals surface area (Å²) in [6, 6.07) is 10.1. The van der Waals surface area contributed by atoms with E-state index in [9.17, 15) is 14.9 Å².